The highest BCUT2D eigenvalue weighted by atomic mass is 16.6. The van der Waals surface area contributed by atoms with E-state index < -0.39 is 10.8 Å². The molecule has 0 radical (unpaired) electrons. The maximum Gasteiger partial charge on any atom is 0.433 e. The van der Waals surface area contributed by atoms with E-state index in [4.69, 9.17) is 9.15 Å². The third-order valence-corrected chi connectivity index (χ3v) is 2.98. The van der Waals surface area contributed by atoms with Crippen molar-refractivity contribution in [3.8, 4) is 17.5 Å². The fourth-order valence-electron chi connectivity index (χ4n) is 1.97. The number of hydrogen-bond donors (Lipinski definition) is 0. The molecule has 0 aliphatic carbocycles. The molecule has 9 heteroatoms. The Balaban J connectivity index is 2.53. The first-order valence-corrected chi connectivity index (χ1v) is 6.93. The van der Waals surface area contributed by atoms with Gasteiger partial charge in [0.15, 0.2) is 17.5 Å². The summed E-state index contributed by atoms with van der Waals surface area (Å²) in [6.45, 7) is 4.18. The van der Waals surface area contributed by atoms with Gasteiger partial charge in [0.25, 0.3) is 0 Å². The van der Waals surface area contributed by atoms with Crippen molar-refractivity contribution < 1.29 is 14.1 Å². The maximum absolute atomic E-state index is 10.7. The van der Waals surface area contributed by atoms with Gasteiger partial charge in [0, 0.05) is 13.5 Å². The Morgan fingerprint density at radius 3 is 2.83 bits per heavy atom. The van der Waals surface area contributed by atoms with Gasteiger partial charge in [0.2, 0.25) is 0 Å². The standard InChI is InChI=1S/C14H15N5O4/c1-4-11(22-5-2)16-14-9(8-15)13(17-18(14)3)10-6-7-12(23-10)19(20)21/h6-7H,4-5H2,1-3H3. The lowest BCUT2D eigenvalue weighted by atomic mass is 10.2. The summed E-state index contributed by atoms with van der Waals surface area (Å²) in [7, 11) is 1.62. The average molecular weight is 317 g/mol. The monoisotopic (exact) mass is 317 g/mol. The highest BCUT2D eigenvalue weighted by Gasteiger charge is 2.22. The number of aryl methyl sites for hydroxylation is 1. The van der Waals surface area contributed by atoms with E-state index in [9.17, 15) is 15.4 Å². The number of hydrogen-bond acceptors (Lipinski definition) is 7. The van der Waals surface area contributed by atoms with E-state index in [0.29, 0.717) is 24.7 Å². The Hall–Kier alpha value is -3.15. The molecule has 0 atom stereocenters. The van der Waals surface area contributed by atoms with Crippen LogP contribution in [0.4, 0.5) is 11.7 Å². The predicted molar refractivity (Wildman–Crippen MR) is 81.3 cm³/mol. The first-order valence-electron chi connectivity index (χ1n) is 6.93. The minimum Gasteiger partial charge on any atom is -0.481 e. The molecule has 0 aromatic carbocycles. The molecule has 0 spiro atoms. The summed E-state index contributed by atoms with van der Waals surface area (Å²) in [5, 5.41) is 24.3. The SMILES string of the molecule is CCOC(CC)=Nc1c(C#N)c(-c2ccc([N+](=O)[O-])o2)nn1C. The molecule has 2 aromatic heterocycles. The van der Waals surface area contributed by atoms with Crippen molar-refractivity contribution in [2.75, 3.05) is 6.61 Å². The lowest BCUT2D eigenvalue weighted by Gasteiger charge is -2.04. The molecule has 2 rings (SSSR count). The molecule has 0 unspecified atom stereocenters. The number of aliphatic imine (C=N–C) groups is 1. The van der Waals surface area contributed by atoms with Crippen LogP contribution < -0.4 is 0 Å². The van der Waals surface area contributed by atoms with Crippen molar-refractivity contribution in [2.45, 2.75) is 20.3 Å². The summed E-state index contributed by atoms with van der Waals surface area (Å²) in [6.07, 6.45) is 0.561. The van der Waals surface area contributed by atoms with Crippen LogP contribution in [-0.2, 0) is 11.8 Å². The van der Waals surface area contributed by atoms with Crippen molar-refractivity contribution in [2.24, 2.45) is 12.0 Å². The molecule has 0 amide bonds. The highest BCUT2D eigenvalue weighted by Crippen LogP contribution is 2.32. The first kappa shape index (κ1) is 16.2. The van der Waals surface area contributed by atoms with Crippen LogP contribution >= 0.6 is 0 Å². The molecule has 120 valence electrons. The van der Waals surface area contributed by atoms with E-state index in [-0.39, 0.29) is 17.0 Å². The van der Waals surface area contributed by atoms with Crippen molar-refractivity contribution in [3.05, 3.63) is 27.8 Å². The van der Waals surface area contributed by atoms with E-state index in [2.05, 4.69) is 10.1 Å². The largest absolute Gasteiger partial charge is 0.481 e. The Labute approximate surface area is 131 Å². The smallest absolute Gasteiger partial charge is 0.433 e. The van der Waals surface area contributed by atoms with Crippen LogP contribution in [0.3, 0.4) is 0 Å². The molecule has 0 N–H and O–H groups in total. The second-order valence-electron chi connectivity index (χ2n) is 4.47. The zero-order valence-corrected chi connectivity index (χ0v) is 12.9. The number of nitro groups is 1. The van der Waals surface area contributed by atoms with Gasteiger partial charge in [-0.15, -0.1) is 0 Å². The van der Waals surface area contributed by atoms with Crippen LogP contribution in [0.5, 0.6) is 0 Å². The molecule has 2 heterocycles. The third-order valence-electron chi connectivity index (χ3n) is 2.98. The van der Waals surface area contributed by atoms with Crippen LogP contribution in [0.1, 0.15) is 25.8 Å². The summed E-state index contributed by atoms with van der Waals surface area (Å²) < 4.78 is 11.9. The van der Waals surface area contributed by atoms with Crippen molar-refractivity contribution >= 4 is 17.6 Å². The van der Waals surface area contributed by atoms with Gasteiger partial charge < -0.3 is 9.15 Å². The second kappa shape index (κ2) is 6.74. The minimum absolute atomic E-state index is 0.139. The molecular formula is C14H15N5O4. The van der Waals surface area contributed by atoms with E-state index in [1.165, 1.54) is 16.8 Å². The van der Waals surface area contributed by atoms with E-state index >= 15 is 0 Å². The Morgan fingerprint density at radius 1 is 1.57 bits per heavy atom. The molecule has 0 bridgehead atoms. The van der Waals surface area contributed by atoms with Crippen LogP contribution in [-0.4, -0.2) is 27.2 Å². The van der Waals surface area contributed by atoms with Crippen LogP contribution in [0, 0.1) is 21.4 Å². The zero-order chi connectivity index (χ0) is 17.0. The van der Waals surface area contributed by atoms with Gasteiger partial charge in [-0.25, -0.2) is 4.68 Å². The maximum atomic E-state index is 10.7. The predicted octanol–water partition coefficient (Wildman–Crippen LogP) is 2.94. The summed E-state index contributed by atoms with van der Waals surface area (Å²) in [6, 6.07) is 4.63. The third kappa shape index (κ3) is 3.21. The van der Waals surface area contributed by atoms with Gasteiger partial charge in [-0.3, -0.25) is 10.1 Å². The van der Waals surface area contributed by atoms with Gasteiger partial charge in [-0.1, -0.05) is 6.92 Å². The zero-order valence-electron chi connectivity index (χ0n) is 12.9. The molecule has 0 fully saturated rings. The molecule has 0 saturated heterocycles. The van der Waals surface area contributed by atoms with Crippen LogP contribution in [0.2, 0.25) is 0 Å². The van der Waals surface area contributed by atoms with Crippen molar-refractivity contribution in [1.82, 2.24) is 9.78 Å². The topological polar surface area (TPSA) is 119 Å². The first-order chi connectivity index (χ1) is 11.0. The van der Waals surface area contributed by atoms with Gasteiger partial charge in [0.05, 0.1) is 12.7 Å². The van der Waals surface area contributed by atoms with E-state index in [1.807, 2.05) is 19.9 Å². The van der Waals surface area contributed by atoms with Crippen molar-refractivity contribution in [3.63, 3.8) is 0 Å². The van der Waals surface area contributed by atoms with Gasteiger partial charge >= 0.3 is 5.88 Å². The molecule has 0 aliphatic heterocycles. The normalized spacial score (nSPS) is 11.3. The Kier molecular flexibility index (Phi) is 4.75. The van der Waals surface area contributed by atoms with Crippen LogP contribution in [0.15, 0.2) is 21.5 Å². The average Bonchev–Trinajstić information content (AvgIpc) is 3.12. The Bertz CT molecular complexity index is 797. The number of rotatable bonds is 5. The van der Waals surface area contributed by atoms with Crippen molar-refractivity contribution in [1.29, 1.82) is 5.26 Å². The highest BCUT2D eigenvalue weighted by molar-refractivity contribution is 5.81. The molecule has 9 nitrogen and oxygen atoms in total. The molecule has 2 aromatic rings. The van der Waals surface area contributed by atoms with E-state index in [0.717, 1.165) is 0 Å². The fraction of sp³-hybridized carbons (Fsp3) is 0.357. The minimum atomic E-state index is -0.651. The quantitative estimate of drug-likeness (QED) is 0.362. The number of aromatic nitrogens is 2. The summed E-state index contributed by atoms with van der Waals surface area (Å²) in [5.74, 6) is 0.513. The lowest BCUT2D eigenvalue weighted by molar-refractivity contribution is -0.401. The fourth-order valence-corrected chi connectivity index (χ4v) is 1.97. The van der Waals surface area contributed by atoms with E-state index in [1.54, 1.807) is 7.05 Å². The van der Waals surface area contributed by atoms with Gasteiger partial charge in [-0.2, -0.15) is 15.4 Å². The lowest BCUT2D eigenvalue weighted by Crippen LogP contribution is -2.03. The Morgan fingerprint density at radius 2 is 2.30 bits per heavy atom. The van der Waals surface area contributed by atoms with Gasteiger partial charge in [0.1, 0.15) is 22.2 Å². The summed E-state index contributed by atoms with van der Waals surface area (Å²) in [5.41, 5.74) is 0.371. The number of ether oxygens (including phenoxy) is 1. The molecule has 0 aliphatic rings. The van der Waals surface area contributed by atoms with Gasteiger partial charge in [-0.05, 0) is 13.0 Å². The summed E-state index contributed by atoms with van der Waals surface area (Å²) >= 11 is 0. The van der Waals surface area contributed by atoms with Crippen LogP contribution in [0.25, 0.3) is 11.5 Å². The number of nitriles is 1. The second-order valence-corrected chi connectivity index (χ2v) is 4.47. The molecular weight excluding hydrogens is 302 g/mol. The summed E-state index contributed by atoms with van der Waals surface area (Å²) in [4.78, 5) is 14.4. The number of furan rings is 1. The molecule has 23 heavy (non-hydrogen) atoms. The molecule has 0 saturated carbocycles. The number of nitrogens with zero attached hydrogens (tertiary/aromatic N) is 5.